The Balaban J connectivity index is 2.43. The maximum atomic E-state index is 12.9. The molecule has 0 saturated carbocycles. The van der Waals surface area contributed by atoms with E-state index in [1.54, 1.807) is 12.1 Å². The molecule has 19 heavy (non-hydrogen) atoms. The van der Waals surface area contributed by atoms with Gasteiger partial charge >= 0.3 is 6.18 Å². The first-order chi connectivity index (χ1) is 9.00. The highest BCUT2D eigenvalue weighted by atomic mass is 32.1. The lowest BCUT2D eigenvalue weighted by Gasteiger charge is -2.11. The monoisotopic (exact) mass is 286 g/mol. The van der Waals surface area contributed by atoms with Crippen molar-refractivity contribution in [3.8, 4) is 10.6 Å². The van der Waals surface area contributed by atoms with Gasteiger partial charge in [0, 0.05) is 6.54 Å². The summed E-state index contributed by atoms with van der Waals surface area (Å²) in [7, 11) is 0. The summed E-state index contributed by atoms with van der Waals surface area (Å²) in [5, 5.41) is 4.72. The Bertz CT molecular complexity index is 535. The zero-order chi connectivity index (χ0) is 13.9. The van der Waals surface area contributed by atoms with Crippen LogP contribution in [0.25, 0.3) is 10.6 Å². The van der Waals surface area contributed by atoms with E-state index in [1.165, 1.54) is 11.3 Å². The average Bonchev–Trinajstić information content (AvgIpc) is 2.89. The molecule has 0 atom stereocenters. The Morgan fingerprint density at radius 3 is 2.68 bits per heavy atom. The third-order valence-electron chi connectivity index (χ3n) is 2.48. The normalized spacial score (nSPS) is 11.6. The molecule has 2 rings (SSSR count). The quantitative estimate of drug-likeness (QED) is 0.884. The zero-order valence-electron chi connectivity index (χ0n) is 10.3. The minimum atomic E-state index is -4.36. The molecule has 0 fully saturated rings. The molecule has 0 aliphatic heterocycles. The van der Waals surface area contributed by atoms with Gasteiger partial charge in [0.15, 0.2) is 0 Å². The molecule has 2 nitrogen and oxygen atoms in total. The second-order valence-electron chi connectivity index (χ2n) is 4.03. The van der Waals surface area contributed by atoms with E-state index in [9.17, 15) is 13.2 Å². The van der Waals surface area contributed by atoms with Crippen LogP contribution in [0.4, 0.5) is 19.0 Å². The fourth-order valence-electron chi connectivity index (χ4n) is 1.59. The second-order valence-corrected chi connectivity index (χ2v) is 4.98. The fourth-order valence-corrected chi connectivity index (χ4v) is 2.27. The number of hydrogen-bond acceptors (Lipinski definition) is 3. The molecule has 0 bridgehead atoms. The van der Waals surface area contributed by atoms with Gasteiger partial charge in [-0.15, -0.1) is 11.3 Å². The van der Waals surface area contributed by atoms with Crippen LogP contribution in [0.2, 0.25) is 0 Å². The number of hydrogen-bond donors (Lipinski definition) is 1. The van der Waals surface area contributed by atoms with Crippen molar-refractivity contribution in [1.29, 1.82) is 0 Å². The molecule has 0 aliphatic carbocycles. The number of anilines is 1. The van der Waals surface area contributed by atoms with Crippen molar-refractivity contribution >= 4 is 17.2 Å². The van der Waals surface area contributed by atoms with Gasteiger partial charge in [0.2, 0.25) is 0 Å². The Morgan fingerprint density at radius 2 is 2.11 bits per heavy atom. The summed E-state index contributed by atoms with van der Waals surface area (Å²) in [4.78, 5) is 4.95. The van der Waals surface area contributed by atoms with Gasteiger partial charge in [-0.25, -0.2) is 4.98 Å². The van der Waals surface area contributed by atoms with E-state index in [1.807, 2.05) is 12.3 Å². The van der Waals surface area contributed by atoms with E-state index in [-0.39, 0.29) is 5.82 Å². The predicted molar refractivity (Wildman–Crippen MR) is 71.3 cm³/mol. The number of pyridine rings is 1. The van der Waals surface area contributed by atoms with Crippen LogP contribution in [0, 0.1) is 0 Å². The van der Waals surface area contributed by atoms with Crippen LogP contribution in [0.15, 0.2) is 29.6 Å². The first kappa shape index (κ1) is 13.9. The Labute approximate surface area is 113 Å². The first-order valence-electron chi connectivity index (χ1n) is 5.87. The van der Waals surface area contributed by atoms with Crippen molar-refractivity contribution in [3.05, 3.63) is 35.2 Å². The fraction of sp³-hybridized carbons (Fsp3) is 0.308. The molecular formula is C13H13F3N2S. The summed E-state index contributed by atoms with van der Waals surface area (Å²) >= 11 is 1.37. The van der Waals surface area contributed by atoms with Crippen LogP contribution in [0.1, 0.15) is 18.9 Å². The lowest BCUT2D eigenvalue weighted by molar-refractivity contribution is -0.137. The minimum Gasteiger partial charge on any atom is -0.370 e. The molecule has 2 heterocycles. The second kappa shape index (κ2) is 5.61. The lowest BCUT2D eigenvalue weighted by atomic mass is 10.2. The van der Waals surface area contributed by atoms with Gasteiger partial charge < -0.3 is 5.32 Å². The van der Waals surface area contributed by atoms with Crippen molar-refractivity contribution in [2.45, 2.75) is 19.5 Å². The molecule has 0 aromatic carbocycles. The number of alkyl halides is 3. The van der Waals surface area contributed by atoms with Gasteiger partial charge in [-0.2, -0.15) is 13.2 Å². The molecule has 2 aromatic heterocycles. The number of nitrogens with zero attached hydrogens (tertiary/aromatic N) is 1. The van der Waals surface area contributed by atoms with Crippen LogP contribution in [0.3, 0.4) is 0 Å². The highest BCUT2D eigenvalue weighted by Crippen LogP contribution is 2.34. The van der Waals surface area contributed by atoms with Gasteiger partial charge in [0.25, 0.3) is 0 Å². The number of nitrogens with one attached hydrogen (secondary N) is 1. The topological polar surface area (TPSA) is 24.9 Å². The van der Waals surface area contributed by atoms with Crippen LogP contribution in [-0.4, -0.2) is 11.5 Å². The standard InChI is InChI=1S/C13H13F3N2S/c1-2-5-17-12-8-9(13(14,15)16)7-10(18-12)11-4-3-6-19-11/h3-4,6-8H,2,5H2,1H3,(H,17,18). The van der Waals surface area contributed by atoms with Gasteiger partial charge in [-0.3, -0.25) is 0 Å². The molecule has 0 radical (unpaired) electrons. The maximum Gasteiger partial charge on any atom is 0.416 e. The van der Waals surface area contributed by atoms with Crippen molar-refractivity contribution in [2.24, 2.45) is 0 Å². The third-order valence-corrected chi connectivity index (χ3v) is 3.37. The Kier molecular flexibility index (Phi) is 4.09. The Hall–Kier alpha value is -1.56. The summed E-state index contributed by atoms with van der Waals surface area (Å²) in [6.07, 6.45) is -3.54. The van der Waals surface area contributed by atoms with E-state index in [0.29, 0.717) is 12.2 Å². The van der Waals surface area contributed by atoms with Crippen molar-refractivity contribution in [2.75, 3.05) is 11.9 Å². The van der Waals surface area contributed by atoms with Crippen LogP contribution >= 0.6 is 11.3 Å². The highest BCUT2D eigenvalue weighted by molar-refractivity contribution is 7.13. The summed E-state index contributed by atoms with van der Waals surface area (Å²) in [6.45, 7) is 2.54. The number of rotatable bonds is 4. The smallest absolute Gasteiger partial charge is 0.370 e. The van der Waals surface area contributed by atoms with E-state index >= 15 is 0 Å². The lowest BCUT2D eigenvalue weighted by Crippen LogP contribution is -2.09. The van der Waals surface area contributed by atoms with Crippen LogP contribution < -0.4 is 5.32 Å². The number of aromatic nitrogens is 1. The summed E-state index contributed by atoms with van der Waals surface area (Å²) < 4.78 is 38.6. The van der Waals surface area contributed by atoms with Gasteiger partial charge in [-0.1, -0.05) is 13.0 Å². The van der Waals surface area contributed by atoms with Crippen LogP contribution in [-0.2, 0) is 6.18 Å². The zero-order valence-corrected chi connectivity index (χ0v) is 11.1. The van der Waals surface area contributed by atoms with Crippen molar-refractivity contribution < 1.29 is 13.2 Å². The van der Waals surface area contributed by atoms with E-state index in [0.717, 1.165) is 23.4 Å². The van der Waals surface area contributed by atoms with Gasteiger partial charge in [0.05, 0.1) is 16.1 Å². The van der Waals surface area contributed by atoms with E-state index in [2.05, 4.69) is 10.3 Å². The van der Waals surface area contributed by atoms with Crippen LogP contribution in [0.5, 0.6) is 0 Å². The van der Waals surface area contributed by atoms with Gasteiger partial charge in [-0.05, 0) is 30.0 Å². The predicted octanol–water partition coefficient (Wildman–Crippen LogP) is 4.65. The van der Waals surface area contributed by atoms with Gasteiger partial charge in [0.1, 0.15) is 5.82 Å². The molecule has 0 unspecified atom stereocenters. The first-order valence-corrected chi connectivity index (χ1v) is 6.75. The van der Waals surface area contributed by atoms with Crippen molar-refractivity contribution in [1.82, 2.24) is 4.98 Å². The summed E-state index contributed by atoms with van der Waals surface area (Å²) in [5.74, 6) is 0.264. The minimum absolute atomic E-state index is 0.264. The molecular weight excluding hydrogens is 273 g/mol. The molecule has 0 saturated heterocycles. The average molecular weight is 286 g/mol. The third kappa shape index (κ3) is 3.47. The maximum absolute atomic E-state index is 12.9. The van der Waals surface area contributed by atoms with Crippen molar-refractivity contribution in [3.63, 3.8) is 0 Å². The SMILES string of the molecule is CCCNc1cc(C(F)(F)F)cc(-c2cccs2)n1. The van der Waals surface area contributed by atoms with E-state index in [4.69, 9.17) is 0 Å². The Morgan fingerprint density at radius 1 is 1.32 bits per heavy atom. The molecule has 6 heteroatoms. The largest absolute Gasteiger partial charge is 0.416 e. The molecule has 0 aliphatic rings. The number of halogens is 3. The van der Waals surface area contributed by atoms with E-state index < -0.39 is 11.7 Å². The molecule has 2 aromatic rings. The molecule has 0 spiro atoms. The number of thiophene rings is 1. The summed E-state index contributed by atoms with van der Waals surface area (Å²) in [6, 6.07) is 5.69. The highest BCUT2D eigenvalue weighted by Gasteiger charge is 2.31. The molecule has 0 amide bonds. The molecule has 1 N–H and O–H groups in total. The summed E-state index contributed by atoms with van der Waals surface area (Å²) in [5.41, 5.74) is -0.326. The molecule has 102 valence electrons.